The third-order valence-corrected chi connectivity index (χ3v) is 5.05. The second kappa shape index (κ2) is 8.22. The molecule has 0 aliphatic carbocycles. The van der Waals surface area contributed by atoms with Crippen LogP contribution in [0.2, 0.25) is 0 Å². The molecule has 0 atom stereocenters. The molecule has 0 aromatic heterocycles. The lowest BCUT2D eigenvalue weighted by molar-refractivity contribution is -0.123. The number of carbonyl (C=O) groups excluding carboxylic acids is 2. The first kappa shape index (κ1) is 19.6. The van der Waals surface area contributed by atoms with Crippen LogP contribution >= 0.6 is 31.9 Å². The van der Waals surface area contributed by atoms with E-state index in [4.69, 9.17) is 4.74 Å². The number of carbonyl (C=O) groups is 2. The maximum absolute atomic E-state index is 13.8. The van der Waals surface area contributed by atoms with Gasteiger partial charge in [-0.15, -0.1) is 0 Å². The van der Waals surface area contributed by atoms with E-state index in [9.17, 15) is 14.0 Å². The number of rotatable bonds is 5. The lowest BCUT2D eigenvalue weighted by Gasteiger charge is -2.12. The van der Waals surface area contributed by atoms with Crippen molar-refractivity contribution < 1.29 is 18.7 Å². The zero-order valence-electron chi connectivity index (χ0n) is 14.3. The van der Waals surface area contributed by atoms with E-state index in [1.807, 2.05) is 6.92 Å². The van der Waals surface area contributed by atoms with E-state index in [0.717, 1.165) is 4.90 Å². The fraction of sp³-hybridized carbons (Fsp3) is 0.158. The number of nitrogens with zero attached hydrogens (tertiary/aromatic N) is 1. The number of hydrogen-bond donors (Lipinski definition) is 1. The lowest BCUT2D eigenvalue weighted by atomic mass is 10.1. The van der Waals surface area contributed by atoms with Gasteiger partial charge >= 0.3 is 6.03 Å². The molecule has 0 spiro atoms. The molecule has 2 aromatic carbocycles. The van der Waals surface area contributed by atoms with Crippen molar-refractivity contribution >= 4 is 49.9 Å². The first-order valence-corrected chi connectivity index (χ1v) is 9.69. The molecule has 5 nitrogen and oxygen atoms in total. The van der Waals surface area contributed by atoms with Crippen molar-refractivity contribution in [1.82, 2.24) is 10.2 Å². The summed E-state index contributed by atoms with van der Waals surface area (Å²) in [5, 5.41) is 2.53. The van der Waals surface area contributed by atoms with Gasteiger partial charge in [0.1, 0.15) is 17.3 Å². The molecule has 140 valence electrons. The second-order valence-corrected chi connectivity index (χ2v) is 7.43. The van der Waals surface area contributed by atoms with Crippen molar-refractivity contribution in [2.45, 2.75) is 13.5 Å². The summed E-state index contributed by atoms with van der Waals surface area (Å²) in [6.07, 6.45) is 1.56. The molecule has 1 aliphatic heterocycles. The third-order valence-electron chi connectivity index (χ3n) is 3.87. The molecular weight excluding hydrogens is 483 g/mol. The molecule has 1 aliphatic rings. The molecule has 27 heavy (non-hydrogen) atoms. The minimum absolute atomic E-state index is 0.124. The molecule has 0 saturated carbocycles. The van der Waals surface area contributed by atoms with E-state index in [2.05, 4.69) is 37.2 Å². The second-order valence-electron chi connectivity index (χ2n) is 5.72. The lowest BCUT2D eigenvalue weighted by Crippen LogP contribution is -2.30. The van der Waals surface area contributed by atoms with Crippen molar-refractivity contribution in [3.8, 4) is 5.75 Å². The molecule has 1 heterocycles. The summed E-state index contributed by atoms with van der Waals surface area (Å²) >= 11 is 6.86. The van der Waals surface area contributed by atoms with Crippen LogP contribution < -0.4 is 10.1 Å². The minimum Gasteiger partial charge on any atom is -0.492 e. The number of ether oxygens (including phenoxy) is 1. The van der Waals surface area contributed by atoms with Crippen molar-refractivity contribution in [2.24, 2.45) is 0 Å². The van der Waals surface area contributed by atoms with E-state index < -0.39 is 17.8 Å². The van der Waals surface area contributed by atoms with Gasteiger partial charge in [-0.2, -0.15) is 0 Å². The summed E-state index contributed by atoms with van der Waals surface area (Å²) in [5.41, 5.74) is 1.08. The normalized spacial score (nSPS) is 15.4. The van der Waals surface area contributed by atoms with Crippen LogP contribution in [0.3, 0.4) is 0 Å². The highest BCUT2D eigenvalue weighted by Crippen LogP contribution is 2.35. The van der Waals surface area contributed by atoms with Gasteiger partial charge in [0.15, 0.2) is 0 Å². The minimum atomic E-state index is -0.585. The van der Waals surface area contributed by atoms with Crippen LogP contribution in [0.15, 0.2) is 51.0 Å². The van der Waals surface area contributed by atoms with Crippen LogP contribution in [0.5, 0.6) is 5.75 Å². The first-order chi connectivity index (χ1) is 12.9. The summed E-state index contributed by atoms with van der Waals surface area (Å²) in [6, 6.07) is 9.01. The molecule has 3 rings (SSSR count). The molecule has 0 radical (unpaired) electrons. The van der Waals surface area contributed by atoms with Crippen LogP contribution in [0.4, 0.5) is 9.18 Å². The largest absolute Gasteiger partial charge is 0.492 e. The SMILES string of the molecule is CCOc1c(Br)cc(/C=C2/NC(=O)N(Cc3ccccc3F)C2=O)cc1Br. The Labute approximate surface area is 172 Å². The third kappa shape index (κ3) is 4.22. The van der Waals surface area contributed by atoms with Crippen LogP contribution in [0, 0.1) is 5.82 Å². The highest BCUT2D eigenvalue weighted by atomic mass is 79.9. The van der Waals surface area contributed by atoms with Crippen LogP contribution in [0.25, 0.3) is 6.08 Å². The van der Waals surface area contributed by atoms with Crippen molar-refractivity contribution in [3.63, 3.8) is 0 Å². The van der Waals surface area contributed by atoms with E-state index in [-0.39, 0.29) is 17.8 Å². The Morgan fingerprint density at radius 1 is 1.19 bits per heavy atom. The van der Waals surface area contributed by atoms with Crippen molar-refractivity contribution in [2.75, 3.05) is 6.61 Å². The number of amides is 3. The number of halogens is 3. The quantitative estimate of drug-likeness (QED) is 0.475. The van der Waals surface area contributed by atoms with Gasteiger partial charge < -0.3 is 10.1 Å². The molecular formula is C19H15Br2FN2O3. The molecule has 0 unspecified atom stereocenters. The summed E-state index contributed by atoms with van der Waals surface area (Å²) in [6.45, 7) is 2.26. The summed E-state index contributed by atoms with van der Waals surface area (Å²) < 4.78 is 20.8. The maximum Gasteiger partial charge on any atom is 0.329 e. The fourth-order valence-corrected chi connectivity index (χ4v) is 4.07. The highest BCUT2D eigenvalue weighted by molar-refractivity contribution is 9.11. The molecule has 3 amide bonds. The molecule has 1 N–H and O–H groups in total. The van der Waals surface area contributed by atoms with Crippen LogP contribution in [-0.2, 0) is 11.3 Å². The Morgan fingerprint density at radius 3 is 2.48 bits per heavy atom. The highest BCUT2D eigenvalue weighted by Gasteiger charge is 2.34. The van der Waals surface area contributed by atoms with Gasteiger partial charge in [0.05, 0.1) is 22.1 Å². The van der Waals surface area contributed by atoms with Crippen molar-refractivity contribution in [1.29, 1.82) is 0 Å². The van der Waals surface area contributed by atoms with Crippen LogP contribution in [-0.4, -0.2) is 23.4 Å². The maximum atomic E-state index is 13.8. The average Bonchev–Trinajstić information content (AvgIpc) is 2.87. The topological polar surface area (TPSA) is 58.6 Å². The Kier molecular flexibility index (Phi) is 5.96. The summed E-state index contributed by atoms with van der Waals surface area (Å²) in [7, 11) is 0. The number of nitrogens with one attached hydrogen (secondary N) is 1. The van der Waals surface area contributed by atoms with Gasteiger partial charge in [-0.05, 0) is 68.6 Å². The van der Waals surface area contributed by atoms with Gasteiger partial charge in [0.2, 0.25) is 0 Å². The van der Waals surface area contributed by atoms with Crippen molar-refractivity contribution in [3.05, 3.63) is 68.0 Å². The van der Waals surface area contributed by atoms with Crippen LogP contribution in [0.1, 0.15) is 18.1 Å². The zero-order chi connectivity index (χ0) is 19.6. The van der Waals surface area contributed by atoms with Gasteiger partial charge in [-0.1, -0.05) is 18.2 Å². The zero-order valence-corrected chi connectivity index (χ0v) is 17.4. The predicted molar refractivity (Wildman–Crippen MR) is 106 cm³/mol. The number of urea groups is 1. The number of hydrogen-bond acceptors (Lipinski definition) is 3. The van der Waals surface area contributed by atoms with E-state index in [0.29, 0.717) is 26.9 Å². The molecule has 1 saturated heterocycles. The number of imide groups is 1. The Hall–Kier alpha value is -2.19. The molecule has 0 bridgehead atoms. The van der Waals surface area contributed by atoms with Gasteiger partial charge in [-0.3, -0.25) is 9.69 Å². The monoisotopic (exact) mass is 496 g/mol. The first-order valence-electron chi connectivity index (χ1n) is 8.10. The van der Waals surface area contributed by atoms with E-state index in [1.54, 1.807) is 30.3 Å². The molecule has 1 fully saturated rings. The van der Waals surface area contributed by atoms with E-state index in [1.165, 1.54) is 12.1 Å². The van der Waals surface area contributed by atoms with Gasteiger partial charge in [0.25, 0.3) is 5.91 Å². The number of benzene rings is 2. The molecule has 2 aromatic rings. The summed E-state index contributed by atoms with van der Waals surface area (Å²) in [5.74, 6) is -0.318. The Morgan fingerprint density at radius 2 is 1.85 bits per heavy atom. The standard InChI is InChI=1S/C19H15Br2FN2O3/c1-2-27-17-13(20)7-11(8-14(17)21)9-16-18(25)24(19(26)23-16)10-12-5-3-4-6-15(12)22/h3-9H,2,10H2,1H3,(H,23,26)/b16-9+. The average molecular weight is 498 g/mol. The Balaban J connectivity index is 1.85. The molecule has 8 heteroatoms. The summed E-state index contributed by atoms with van der Waals surface area (Å²) in [4.78, 5) is 25.7. The Bertz CT molecular complexity index is 923. The fourth-order valence-electron chi connectivity index (χ4n) is 2.62. The smallest absolute Gasteiger partial charge is 0.329 e. The van der Waals surface area contributed by atoms with Gasteiger partial charge in [-0.25, -0.2) is 9.18 Å². The predicted octanol–water partition coefficient (Wildman–Crippen LogP) is 4.84. The van der Waals surface area contributed by atoms with E-state index >= 15 is 0 Å². The van der Waals surface area contributed by atoms with Gasteiger partial charge in [0, 0.05) is 5.56 Å².